The fraction of sp³-hybridized carbons (Fsp3) is 0.200. The zero-order valence-corrected chi connectivity index (χ0v) is 12.3. The van der Waals surface area contributed by atoms with Crippen LogP contribution < -0.4 is 5.32 Å². The van der Waals surface area contributed by atoms with Gasteiger partial charge in [-0.3, -0.25) is 10.1 Å². The van der Waals surface area contributed by atoms with Crippen LogP contribution in [-0.2, 0) is 6.54 Å². The summed E-state index contributed by atoms with van der Waals surface area (Å²) >= 11 is 5.63. The van der Waals surface area contributed by atoms with E-state index in [4.69, 9.17) is 11.6 Å². The van der Waals surface area contributed by atoms with Gasteiger partial charge < -0.3 is 10.4 Å². The molecule has 0 spiro atoms. The van der Waals surface area contributed by atoms with Crippen molar-refractivity contribution in [2.45, 2.75) is 12.6 Å². The molecule has 0 radical (unpaired) electrons. The summed E-state index contributed by atoms with van der Waals surface area (Å²) in [6.07, 6.45) is 0. The Hall–Kier alpha value is -2.02. The standard InChI is InChI=1S/C15H14ClFN2O3/c16-13-5-4-11(7-14(13)17)15(9-20)18-8-10-2-1-3-12(6-10)19(21)22/h1-7,15,18,20H,8-9H2. The van der Waals surface area contributed by atoms with Crippen molar-refractivity contribution in [1.82, 2.24) is 5.32 Å². The Balaban J connectivity index is 2.09. The third kappa shape index (κ3) is 4.00. The molecule has 2 aromatic rings. The normalized spacial score (nSPS) is 12.1. The molecule has 2 aromatic carbocycles. The molecule has 0 heterocycles. The molecular formula is C15H14ClFN2O3. The number of nitro benzene ring substituents is 1. The molecule has 0 fully saturated rings. The molecule has 0 saturated heterocycles. The predicted octanol–water partition coefficient (Wildman–Crippen LogP) is 3.21. The molecule has 22 heavy (non-hydrogen) atoms. The fourth-order valence-corrected chi connectivity index (χ4v) is 2.16. The van der Waals surface area contributed by atoms with Crippen molar-refractivity contribution in [3.05, 3.63) is 74.5 Å². The first-order chi connectivity index (χ1) is 10.5. The van der Waals surface area contributed by atoms with Gasteiger partial charge in [0.15, 0.2) is 0 Å². The summed E-state index contributed by atoms with van der Waals surface area (Å²) in [6.45, 7) is 0.0627. The minimum absolute atomic E-state index is 0.00242. The number of non-ortho nitro benzene ring substituents is 1. The second kappa shape index (κ2) is 7.31. The number of rotatable bonds is 6. The van der Waals surface area contributed by atoms with Crippen molar-refractivity contribution >= 4 is 17.3 Å². The Labute approximate surface area is 131 Å². The van der Waals surface area contributed by atoms with Gasteiger partial charge in [-0.05, 0) is 23.3 Å². The van der Waals surface area contributed by atoms with E-state index in [9.17, 15) is 19.6 Å². The third-order valence-corrected chi connectivity index (χ3v) is 3.51. The largest absolute Gasteiger partial charge is 0.394 e. The summed E-state index contributed by atoms with van der Waals surface area (Å²) in [5.41, 5.74) is 1.24. The molecule has 0 saturated carbocycles. The molecule has 0 aliphatic carbocycles. The second-order valence-corrected chi connectivity index (χ2v) is 5.12. The molecule has 0 amide bonds. The highest BCUT2D eigenvalue weighted by molar-refractivity contribution is 6.30. The molecule has 1 unspecified atom stereocenters. The number of aliphatic hydroxyl groups excluding tert-OH is 1. The number of halogens is 2. The number of nitrogens with one attached hydrogen (secondary N) is 1. The van der Waals surface area contributed by atoms with E-state index in [1.54, 1.807) is 18.2 Å². The van der Waals surface area contributed by atoms with Gasteiger partial charge in [0.25, 0.3) is 5.69 Å². The zero-order chi connectivity index (χ0) is 16.1. The van der Waals surface area contributed by atoms with E-state index in [0.29, 0.717) is 17.7 Å². The molecular weight excluding hydrogens is 311 g/mol. The van der Waals surface area contributed by atoms with Crippen LogP contribution in [0.4, 0.5) is 10.1 Å². The Morgan fingerprint density at radius 1 is 1.32 bits per heavy atom. The van der Waals surface area contributed by atoms with E-state index in [0.717, 1.165) is 0 Å². The Morgan fingerprint density at radius 2 is 2.09 bits per heavy atom. The van der Waals surface area contributed by atoms with Gasteiger partial charge in [0.2, 0.25) is 0 Å². The maximum atomic E-state index is 13.5. The summed E-state index contributed by atoms with van der Waals surface area (Å²) in [7, 11) is 0. The van der Waals surface area contributed by atoms with Gasteiger partial charge >= 0.3 is 0 Å². The fourth-order valence-electron chi connectivity index (χ4n) is 2.04. The molecule has 2 N–H and O–H groups in total. The van der Waals surface area contributed by atoms with Crippen LogP contribution in [-0.4, -0.2) is 16.6 Å². The lowest BCUT2D eigenvalue weighted by Gasteiger charge is -2.17. The first kappa shape index (κ1) is 16.4. The van der Waals surface area contributed by atoms with E-state index >= 15 is 0 Å². The highest BCUT2D eigenvalue weighted by Crippen LogP contribution is 2.21. The monoisotopic (exact) mass is 324 g/mol. The van der Waals surface area contributed by atoms with E-state index < -0.39 is 16.8 Å². The molecule has 0 bridgehead atoms. The van der Waals surface area contributed by atoms with Crippen molar-refractivity contribution in [1.29, 1.82) is 0 Å². The second-order valence-electron chi connectivity index (χ2n) is 4.72. The highest BCUT2D eigenvalue weighted by atomic mass is 35.5. The van der Waals surface area contributed by atoms with Gasteiger partial charge in [-0.1, -0.05) is 29.8 Å². The average molecular weight is 325 g/mol. The van der Waals surface area contributed by atoms with E-state index in [1.165, 1.54) is 24.3 Å². The summed E-state index contributed by atoms with van der Waals surface area (Å²) in [5, 5.41) is 23.2. The lowest BCUT2D eigenvalue weighted by Crippen LogP contribution is -2.24. The van der Waals surface area contributed by atoms with Crippen LogP contribution in [0.3, 0.4) is 0 Å². The molecule has 116 valence electrons. The summed E-state index contributed by atoms with van der Waals surface area (Å²) < 4.78 is 13.5. The summed E-state index contributed by atoms with van der Waals surface area (Å²) in [5.74, 6) is -0.560. The van der Waals surface area contributed by atoms with Crippen LogP contribution >= 0.6 is 11.6 Å². The molecule has 2 rings (SSSR count). The van der Waals surface area contributed by atoms with Crippen molar-refractivity contribution in [3.8, 4) is 0 Å². The van der Waals surface area contributed by atoms with Gasteiger partial charge in [0.1, 0.15) is 5.82 Å². The Kier molecular flexibility index (Phi) is 5.43. The number of nitrogens with zero attached hydrogens (tertiary/aromatic N) is 1. The molecule has 1 atom stereocenters. The van der Waals surface area contributed by atoms with Gasteiger partial charge in [0.05, 0.1) is 22.6 Å². The van der Waals surface area contributed by atoms with E-state index in [2.05, 4.69) is 5.32 Å². The number of hydrogen-bond acceptors (Lipinski definition) is 4. The van der Waals surface area contributed by atoms with Crippen LogP contribution in [0.25, 0.3) is 0 Å². The van der Waals surface area contributed by atoms with Crippen LogP contribution in [0.5, 0.6) is 0 Å². The van der Waals surface area contributed by atoms with Crippen LogP contribution in [0.1, 0.15) is 17.2 Å². The van der Waals surface area contributed by atoms with Crippen LogP contribution in [0.15, 0.2) is 42.5 Å². The predicted molar refractivity (Wildman–Crippen MR) is 81.2 cm³/mol. The average Bonchev–Trinajstić information content (AvgIpc) is 2.51. The zero-order valence-electron chi connectivity index (χ0n) is 11.5. The molecule has 0 aromatic heterocycles. The lowest BCUT2D eigenvalue weighted by atomic mass is 10.1. The molecule has 5 nitrogen and oxygen atoms in total. The summed E-state index contributed by atoms with van der Waals surface area (Å²) in [4.78, 5) is 10.3. The van der Waals surface area contributed by atoms with Gasteiger partial charge in [-0.15, -0.1) is 0 Å². The third-order valence-electron chi connectivity index (χ3n) is 3.20. The topological polar surface area (TPSA) is 75.4 Å². The lowest BCUT2D eigenvalue weighted by molar-refractivity contribution is -0.384. The Morgan fingerprint density at radius 3 is 2.73 bits per heavy atom. The minimum atomic E-state index is -0.560. The highest BCUT2D eigenvalue weighted by Gasteiger charge is 2.13. The number of nitro groups is 1. The van der Waals surface area contributed by atoms with Crippen molar-refractivity contribution < 1.29 is 14.4 Å². The quantitative estimate of drug-likeness (QED) is 0.632. The van der Waals surface area contributed by atoms with Gasteiger partial charge in [-0.25, -0.2) is 4.39 Å². The minimum Gasteiger partial charge on any atom is -0.394 e. The summed E-state index contributed by atoms with van der Waals surface area (Å²) in [6, 6.07) is 9.97. The van der Waals surface area contributed by atoms with Gasteiger partial charge in [0, 0.05) is 18.7 Å². The number of benzene rings is 2. The van der Waals surface area contributed by atoms with Gasteiger partial charge in [-0.2, -0.15) is 0 Å². The first-order valence-electron chi connectivity index (χ1n) is 6.54. The first-order valence-corrected chi connectivity index (χ1v) is 6.91. The van der Waals surface area contributed by atoms with E-state index in [-0.39, 0.29) is 17.3 Å². The van der Waals surface area contributed by atoms with Crippen molar-refractivity contribution in [2.75, 3.05) is 6.61 Å². The van der Waals surface area contributed by atoms with Crippen LogP contribution in [0.2, 0.25) is 5.02 Å². The molecule has 0 aliphatic heterocycles. The van der Waals surface area contributed by atoms with Crippen molar-refractivity contribution in [3.63, 3.8) is 0 Å². The van der Waals surface area contributed by atoms with Crippen molar-refractivity contribution in [2.24, 2.45) is 0 Å². The molecule has 0 aliphatic rings. The maximum Gasteiger partial charge on any atom is 0.269 e. The Bertz CT molecular complexity index is 682. The SMILES string of the molecule is O=[N+]([O-])c1cccc(CNC(CO)c2ccc(Cl)c(F)c2)c1. The van der Waals surface area contributed by atoms with E-state index in [1.807, 2.05) is 0 Å². The maximum absolute atomic E-state index is 13.5. The number of hydrogen-bond donors (Lipinski definition) is 2. The van der Waals surface area contributed by atoms with Crippen LogP contribution in [0, 0.1) is 15.9 Å². The molecule has 7 heteroatoms. The smallest absolute Gasteiger partial charge is 0.269 e. The number of aliphatic hydroxyl groups is 1.